The van der Waals surface area contributed by atoms with Gasteiger partial charge in [0.05, 0.1) is 6.61 Å². The number of aromatic hydroxyl groups is 3. The van der Waals surface area contributed by atoms with Crippen molar-refractivity contribution in [3.63, 3.8) is 0 Å². The van der Waals surface area contributed by atoms with Crippen LogP contribution in [0.25, 0.3) is 17.0 Å². The van der Waals surface area contributed by atoms with E-state index >= 15 is 0 Å². The number of benzene rings is 3. The Morgan fingerprint density at radius 2 is 1.74 bits per heavy atom. The van der Waals surface area contributed by atoms with Crippen LogP contribution in [0.15, 0.2) is 76.0 Å². The fourth-order valence-electron chi connectivity index (χ4n) is 4.71. The van der Waals surface area contributed by atoms with Crippen LogP contribution in [0.4, 0.5) is 0 Å². The van der Waals surface area contributed by atoms with E-state index in [0.29, 0.717) is 0 Å². The van der Waals surface area contributed by atoms with Crippen molar-refractivity contribution in [1.82, 2.24) is 0 Å². The fourth-order valence-corrected chi connectivity index (χ4v) is 4.71. The highest BCUT2D eigenvalue weighted by Crippen LogP contribution is 2.43. The summed E-state index contributed by atoms with van der Waals surface area (Å²) in [6, 6.07) is 15.4. The monoisotopic (exact) mass is 518 g/mol. The number of aliphatic hydroxyl groups is 3. The molecule has 0 saturated heterocycles. The number of rotatable bonds is 6. The Morgan fingerprint density at radius 3 is 2.42 bits per heavy atom. The third-order valence-electron chi connectivity index (χ3n) is 6.75. The first-order valence-electron chi connectivity index (χ1n) is 11.9. The molecule has 9 nitrogen and oxygen atoms in total. The molecule has 0 fully saturated rings. The highest BCUT2D eigenvalue weighted by atomic mass is 16.5. The average Bonchev–Trinajstić information content (AvgIpc) is 2.89. The van der Waals surface area contributed by atoms with E-state index in [0.717, 1.165) is 17.7 Å². The second-order valence-electron chi connectivity index (χ2n) is 9.34. The minimum absolute atomic E-state index is 0.0797. The number of hydrogen-bond donors (Lipinski definition) is 6. The van der Waals surface area contributed by atoms with Gasteiger partial charge in [0.15, 0.2) is 11.0 Å². The number of hydrogen-bond acceptors (Lipinski definition) is 9. The average molecular weight is 519 g/mol. The molecule has 3 aromatic carbocycles. The molecule has 0 aliphatic carbocycles. The number of phenolic OH excluding ortho intramolecular Hbond substituents is 3. The lowest BCUT2D eigenvalue weighted by molar-refractivity contribution is -0.0944. The number of ether oxygens (including phenoxy) is 1. The van der Waals surface area contributed by atoms with Gasteiger partial charge in [-0.1, -0.05) is 42.5 Å². The van der Waals surface area contributed by atoms with Gasteiger partial charge in [-0.15, -0.1) is 0 Å². The maximum absolute atomic E-state index is 12.9. The molecule has 196 valence electrons. The summed E-state index contributed by atoms with van der Waals surface area (Å²) in [7, 11) is 0. The molecule has 0 spiro atoms. The molecule has 3 atom stereocenters. The van der Waals surface area contributed by atoms with Gasteiger partial charge in [0.2, 0.25) is 0 Å². The molecule has 0 unspecified atom stereocenters. The van der Waals surface area contributed by atoms with Crippen molar-refractivity contribution >= 4 is 17.0 Å². The van der Waals surface area contributed by atoms with Gasteiger partial charge in [-0.25, -0.2) is 0 Å². The molecule has 9 heteroatoms. The Hall–Kier alpha value is -4.31. The van der Waals surface area contributed by atoms with Gasteiger partial charge in [0.1, 0.15) is 51.9 Å². The van der Waals surface area contributed by atoms with Crippen molar-refractivity contribution in [3.8, 4) is 23.0 Å². The molecule has 0 amide bonds. The molecule has 2 heterocycles. The Balaban J connectivity index is 1.53. The molecule has 1 aliphatic heterocycles. The SMILES string of the molecule is O=c1cc([C@H](O)c2cc(O)cc(O)c2)oc2cc3c(c(O)c12)C[C@@H](O)[C@@](CO)(CC=Cc1ccccc1)O3. The van der Waals surface area contributed by atoms with Gasteiger partial charge in [-0.2, -0.15) is 0 Å². The smallest absolute Gasteiger partial charge is 0.196 e. The first-order chi connectivity index (χ1) is 18.2. The van der Waals surface area contributed by atoms with Crippen LogP contribution in [0.3, 0.4) is 0 Å². The Kier molecular flexibility index (Phi) is 6.58. The minimum Gasteiger partial charge on any atom is -0.508 e. The molecule has 0 radical (unpaired) electrons. The molecule has 5 rings (SSSR count). The van der Waals surface area contributed by atoms with Crippen molar-refractivity contribution in [1.29, 1.82) is 0 Å². The Labute approximate surface area is 216 Å². The highest BCUT2D eigenvalue weighted by molar-refractivity contribution is 5.87. The quantitative estimate of drug-likeness (QED) is 0.225. The first-order valence-corrected chi connectivity index (χ1v) is 11.9. The summed E-state index contributed by atoms with van der Waals surface area (Å²) >= 11 is 0. The summed E-state index contributed by atoms with van der Waals surface area (Å²) in [6.07, 6.45) is 0.998. The summed E-state index contributed by atoms with van der Waals surface area (Å²) in [6.45, 7) is -0.519. The molecule has 0 saturated carbocycles. The van der Waals surface area contributed by atoms with Crippen molar-refractivity contribution in [3.05, 3.63) is 99.4 Å². The van der Waals surface area contributed by atoms with E-state index in [1.54, 1.807) is 6.08 Å². The largest absolute Gasteiger partial charge is 0.508 e. The zero-order valence-electron chi connectivity index (χ0n) is 20.1. The molecular weight excluding hydrogens is 492 g/mol. The molecule has 38 heavy (non-hydrogen) atoms. The van der Waals surface area contributed by atoms with E-state index in [1.165, 1.54) is 18.2 Å². The van der Waals surface area contributed by atoms with Gasteiger partial charge in [0, 0.05) is 36.6 Å². The Bertz CT molecular complexity index is 1550. The summed E-state index contributed by atoms with van der Waals surface area (Å²) < 4.78 is 11.8. The van der Waals surface area contributed by atoms with Crippen molar-refractivity contribution in [2.45, 2.75) is 30.7 Å². The van der Waals surface area contributed by atoms with Gasteiger partial charge in [0.25, 0.3) is 0 Å². The maximum Gasteiger partial charge on any atom is 0.196 e. The highest BCUT2D eigenvalue weighted by Gasteiger charge is 2.44. The second-order valence-corrected chi connectivity index (χ2v) is 9.34. The first kappa shape index (κ1) is 25.3. The van der Waals surface area contributed by atoms with Gasteiger partial charge in [-0.3, -0.25) is 4.79 Å². The van der Waals surface area contributed by atoms with Crippen LogP contribution in [-0.2, 0) is 6.42 Å². The van der Waals surface area contributed by atoms with Gasteiger partial charge >= 0.3 is 0 Å². The molecule has 1 aliphatic rings. The van der Waals surface area contributed by atoms with Crippen LogP contribution in [0, 0.1) is 0 Å². The van der Waals surface area contributed by atoms with E-state index in [2.05, 4.69) is 0 Å². The van der Waals surface area contributed by atoms with E-state index in [1.807, 2.05) is 36.4 Å². The fraction of sp³-hybridized carbons (Fsp3) is 0.207. The summed E-state index contributed by atoms with van der Waals surface area (Å²) in [5.41, 5.74) is -0.937. The second kappa shape index (κ2) is 9.86. The lowest BCUT2D eigenvalue weighted by atomic mass is 9.85. The van der Waals surface area contributed by atoms with Gasteiger partial charge < -0.3 is 39.8 Å². The predicted octanol–water partition coefficient (Wildman–Crippen LogP) is 3.12. The lowest BCUT2D eigenvalue weighted by Gasteiger charge is -2.41. The minimum atomic E-state index is -1.51. The van der Waals surface area contributed by atoms with Crippen LogP contribution < -0.4 is 10.2 Å². The van der Waals surface area contributed by atoms with E-state index in [4.69, 9.17) is 9.15 Å². The van der Waals surface area contributed by atoms with Crippen LogP contribution in [0.5, 0.6) is 23.0 Å². The molecule has 4 aromatic rings. The van der Waals surface area contributed by atoms with Crippen molar-refractivity contribution in [2.24, 2.45) is 0 Å². The van der Waals surface area contributed by atoms with Crippen molar-refractivity contribution in [2.75, 3.05) is 6.61 Å². The zero-order valence-corrected chi connectivity index (χ0v) is 20.1. The summed E-state index contributed by atoms with van der Waals surface area (Å²) in [4.78, 5) is 12.9. The summed E-state index contributed by atoms with van der Waals surface area (Å²) in [5.74, 6) is -1.08. The van der Waals surface area contributed by atoms with E-state index in [-0.39, 0.29) is 57.9 Å². The predicted molar refractivity (Wildman–Crippen MR) is 138 cm³/mol. The third kappa shape index (κ3) is 4.58. The van der Waals surface area contributed by atoms with Crippen LogP contribution in [-0.4, -0.2) is 49.0 Å². The van der Waals surface area contributed by atoms with Crippen LogP contribution >= 0.6 is 0 Å². The third-order valence-corrected chi connectivity index (χ3v) is 6.75. The standard InChI is InChI=1S/C29H26O9/c30-15-29(8-4-7-16-5-2-1-3-6-16)25(34)12-20-22(38-29)14-23-26(28(20)36)21(33)13-24(37-23)27(35)17-9-18(31)11-19(32)10-17/h1-7,9-11,13-14,25,27,30-32,34-36H,8,12,15H2/t25-,27-,29+/m1/s1. The number of fused-ring (bicyclic) bond motifs is 2. The molecule has 6 N–H and O–H groups in total. The van der Waals surface area contributed by atoms with E-state index in [9.17, 15) is 35.4 Å². The summed E-state index contributed by atoms with van der Waals surface area (Å²) in [5, 5.41) is 62.1. The Morgan fingerprint density at radius 1 is 1.03 bits per heavy atom. The molecule has 1 aromatic heterocycles. The number of phenols is 3. The number of aliphatic hydroxyl groups excluding tert-OH is 3. The van der Waals surface area contributed by atoms with Crippen LogP contribution in [0.2, 0.25) is 0 Å². The maximum atomic E-state index is 12.9. The molecular formula is C29H26O9. The molecule has 0 bridgehead atoms. The lowest BCUT2D eigenvalue weighted by Crippen LogP contribution is -2.54. The topological polar surface area (TPSA) is 161 Å². The normalized spacial score (nSPS) is 19.8. The van der Waals surface area contributed by atoms with Crippen LogP contribution in [0.1, 0.15) is 35.0 Å². The zero-order chi connectivity index (χ0) is 27.0. The van der Waals surface area contributed by atoms with E-state index < -0.39 is 35.6 Å². The van der Waals surface area contributed by atoms with Crippen molar-refractivity contribution < 1.29 is 39.8 Å². The van der Waals surface area contributed by atoms with Gasteiger partial charge in [-0.05, 0) is 23.3 Å².